The van der Waals surface area contributed by atoms with Crippen LogP contribution in [0.4, 0.5) is 0 Å². The number of rotatable bonds is 3. The first-order valence-electron chi connectivity index (χ1n) is 5.71. The van der Waals surface area contributed by atoms with Crippen molar-refractivity contribution in [3.05, 3.63) is 35.4 Å². The zero-order chi connectivity index (χ0) is 12.3. The first-order valence-corrected chi connectivity index (χ1v) is 5.71. The van der Waals surface area contributed by atoms with Crippen LogP contribution in [0.1, 0.15) is 28.8 Å². The Bertz CT molecular complexity index is 408. The predicted octanol–water partition coefficient (Wildman–Crippen LogP) is 1.47. The normalized spacial score (nSPS) is 24.5. The molecule has 1 atom stereocenters. The Morgan fingerprint density at radius 2 is 2.29 bits per heavy atom. The zero-order valence-electron chi connectivity index (χ0n) is 9.56. The van der Waals surface area contributed by atoms with Crippen molar-refractivity contribution in [2.45, 2.75) is 24.9 Å². The maximum atomic E-state index is 10.8. The van der Waals surface area contributed by atoms with Gasteiger partial charge in [-0.1, -0.05) is 12.1 Å². The summed E-state index contributed by atoms with van der Waals surface area (Å²) >= 11 is 0. The van der Waals surface area contributed by atoms with E-state index in [1.165, 1.54) is 0 Å². The summed E-state index contributed by atoms with van der Waals surface area (Å²) in [7, 11) is 0. The molecule has 1 aliphatic heterocycles. The van der Waals surface area contributed by atoms with Crippen molar-refractivity contribution in [1.82, 2.24) is 0 Å². The Morgan fingerprint density at radius 3 is 2.94 bits per heavy atom. The van der Waals surface area contributed by atoms with Gasteiger partial charge in [-0.25, -0.2) is 4.79 Å². The second-order valence-electron chi connectivity index (χ2n) is 4.56. The standard InChI is InChI=1S/C13H16O4/c14-12(15)11-4-1-3-10(7-11)8-13(16)5-2-6-17-9-13/h1,3-4,7,16H,2,5-6,8-9H2,(H,14,15). The van der Waals surface area contributed by atoms with Crippen LogP contribution in [0.25, 0.3) is 0 Å². The summed E-state index contributed by atoms with van der Waals surface area (Å²) in [5.74, 6) is -0.946. The first-order chi connectivity index (χ1) is 8.09. The van der Waals surface area contributed by atoms with Gasteiger partial charge in [-0.2, -0.15) is 0 Å². The molecule has 0 aliphatic carbocycles. The van der Waals surface area contributed by atoms with Crippen molar-refractivity contribution in [2.75, 3.05) is 13.2 Å². The maximum absolute atomic E-state index is 10.8. The summed E-state index contributed by atoms with van der Waals surface area (Å²) in [6.07, 6.45) is 1.98. The van der Waals surface area contributed by atoms with Crippen LogP contribution < -0.4 is 0 Å². The van der Waals surface area contributed by atoms with E-state index in [2.05, 4.69) is 0 Å². The van der Waals surface area contributed by atoms with Crippen LogP contribution in [0.15, 0.2) is 24.3 Å². The van der Waals surface area contributed by atoms with Gasteiger partial charge in [0.25, 0.3) is 0 Å². The Hall–Kier alpha value is -1.39. The van der Waals surface area contributed by atoms with Crippen LogP contribution in [-0.4, -0.2) is 35.0 Å². The molecule has 4 heteroatoms. The van der Waals surface area contributed by atoms with E-state index in [1.54, 1.807) is 18.2 Å². The number of benzene rings is 1. The van der Waals surface area contributed by atoms with E-state index in [-0.39, 0.29) is 5.56 Å². The lowest BCUT2D eigenvalue weighted by atomic mass is 9.89. The molecule has 2 rings (SSSR count). The molecule has 0 amide bonds. The maximum Gasteiger partial charge on any atom is 0.335 e. The fraction of sp³-hybridized carbons (Fsp3) is 0.462. The van der Waals surface area contributed by atoms with E-state index in [9.17, 15) is 9.90 Å². The number of carboxylic acid groups (broad SMARTS) is 1. The van der Waals surface area contributed by atoms with Crippen molar-refractivity contribution < 1.29 is 19.7 Å². The number of ether oxygens (including phenoxy) is 1. The van der Waals surface area contributed by atoms with Crippen molar-refractivity contribution >= 4 is 5.97 Å². The Morgan fingerprint density at radius 1 is 1.47 bits per heavy atom. The van der Waals surface area contributed by atoms with Crippen LogP contribution in [0, 0.1) is 0 Å². The molecule has 0 saturated carbocycles. The van der Waals surface area contributed by atoms with Crippen LogP contribution in [-0.2, 0) is 11.2 Å². The van der Waals surface area contributed by atoms with E-state index in [0.717, 1.165) is 12.0 Å². The van der Waals surface area contributed by atoms with Crippen LogP contribution in [0.3, 0.4) is 0 Å². The fourth-order valence-corrected chi connectivity index (χ4v) is 2.17. The molecule has 1 unspecified atom stereocenters. The van der Waals surface area contributed by atoms with Gasteiger partial charge in [0.1, 0.15) is 0 Å². The number of carbonyl (C=O) groups is 1. The molecule has 4 nitrogen and oxygen atoms in total. The monoisotopic (exact) mass is 236 g/mol. The molecule has 1 aromatic carbocycles. The van der Waals surface area contributed by atoms with Crippen molar-refractivity contribution in [2.24, 2.45) is 0 Å². The summed E-state index contributed by atoms with van der Waals surface area (Å²) in [5.41, 5.74) is 0.232. The Balaban J connectivity index is 2.12. The van der Waals surface area contributed by atoms with Gasteiger partial charge in [-0.3, -0.25) is 0 Å². The van der Waals surface area contributed by atoms with Gasteiger partial charge in [0.05, 0.1) is 17.8 Å². The minimum atomic E-state index is -0.946. The topological polar surface area (TPSA) is 66.8 Å². The number of aromatic carboxylic acids is 1. The summed E-state index contributed by atoms with van der Waals surface area (Å²) in [6, 6.07) is 6.69. The van der Waals surface area contributed by atoms with Gasteiger partial charge in [-0.05, 0) is 30.5 Å². The van der Waals surface area contributed by atoms with Gasteiger partial charge < -0.3 is 14.9 Å². The Kier molecular flexibility index (Phi) is 3.45. The fourth-order valence-electron chi connectivity index (χ4n) is 2.17. The second kappa shape index (κ2) is 4.85. The largest absolute Gasteiger partial charge is 0.478 e. The van der Waals surface area contributed by atoms with E-state index in [1.807, 2.05) is 6.07 Å². The van der Waals surface area contributed by atoms with Crippen molar-refractivity contribution in [1.29, 1.82) is 0 Å². The molecule has 1 saturated heterocycles. The molecule has 0 aromatic heterocycles. The summed E-state index contributed by atoms with van der Waals surface area (Å²) in [5, 5.41) is 19.2. The molecule has 2 N–H and O–H groups in total. The van der Waals surface area contributed by atoms with E-state index >= 15 is 0 Å². The van der Waals surface area contributed by atoms with E-state index in [4.69, 9.17) is 9.84 Å². The highest BCUT2D eigenvalue weighted by atomic mass is 16.5. The first kappa shape index (κ1) is 12.1. The predicted molar refractivity (Wildman–Crippen MR) is 62.1 cm³/mol. The number of hydrogen-bond acceptors (Lipinski definition) is 3. The molecule has 1 aliphatic rings. The lowest BCUT2D eigenvalue weighted by Gasteiger charge is -2.32. The third-order valence-electron chi connectivity index (χ3n) is 3.01. The summed E-state index contributed by atoms with van der Waals surface area (Å²) in [6.45, 7) is 1.02. The van der Waals surface area contributed by atoms with Crippen LogP contribution >= 0.6 is 0 Å². The SMILES string of the molecule is O=C(O)c1cccc(CC2(O)CCCOC2)c1. The summed E-state index contributed by atoms with van der Waals surface area (Å²) < 4.78 is 5.27. The van der Waals surface area contributed by atoms with Crippen molar-refractivity contribution in [3.8, 4) is 0 Å². The highest BCUT2D eigenvalue weighted by Crippen LogP contribution is 2.24. The lowest BCUT2D eigenvalue weighted by Crippen LogP contribution is -2.40. The quantitative estimate of drug-likeness (QED) is 0.834. The van der Waals surface area contributed by atoms with Crippen LogP contribution in [0.5, 0.6) is 0 Å². The third kappa shape index (κ3) is 3.05. The van der Waals surface area contributed by atoms with E-state index in [0.29, 0.717) is 26.1 Å². The number of carboxylic acids is 1. The zero-order valence-corrected chi connectivity index (χ0v) is 9.56. The van der Waals surface area contributed by atoms with Gasteiger partial charge in [0.15, 0.2) is 0 Å². The highest BCUT2D eigenvalue weighted by molar-refractivity contribution is 5.87. The molecular formula is C13H16O4. The smallest absolute Gasteiger partial charge is 0.335 e. The lowest BCUT2D eigenvalue weighted by molar-refractivity contribution is -0.0845. The average Bonchev–Trinajstić information content (AvgIpc) is 2.29. The Labute approximate surface area is 99.8 Å². The molecular weight excluding hydrogens is 220 g/mol. The third-order valence-corrected chi connectivity index (χ3v) is 3.01. The van der Waals surface area contributed by atoms with Gasteiger partial charge in [0.2, 0.25) is 0 Å². The minimum absolute atomic E-state index is 0.253. The molecule has 0 spiro atoms. The number of hydrogen-bond donors (Lipinski definition) is 2. The molecule has 1 aromatic rings. The van der Waals surface area contributed by atoms with Gasteiger partial charge in [0, 0.05) is 13.0 Å². The molecule has 1 heterocycles. The highest BCUT2D eigenvalue weighted by Gasteiger charge is 2.30. The minimum Gasteiger partial charge on any atom is -0.478 e. The molecule has 0 radical (unpaired) electrons. The second-order valence-corrected chi connectivity index (χ2v) is 4.56. The molecule has 17 heavy (non-hydrogen) atoms. The van der Waals surface area contributed by atoms with Gasteiger partial charge >= 0.3 is 5.97 Å². The van der Waals surface area contributed by atoms with Gasteiger partial charge in [-0.15, -0.1) is 0 Å². The summed E-state index contributed by atoms with van der Waals surface area (Å²) in [4.78, 5) is 10.8. The molecule has 0 bridgehead atoms. The van der Waals surface area contributed by atoms with Crippen LogP contribution in [0.2, 0.25) is 0 Å². The van der Waals surface area contributed by atoms with Crippen molar-refractivity contribution in [3.63, 3.8) is 0 Å². The average molecular weight is 236 g/mol. The molecule has 1 fully saturated rings. The molecule has 92 valence electrons. The van der Waals surface area contributed by atoms with E-state index < -0.39 is 11.6 Å². The number of aliphatic hydroxyl groups is 1.